The third-order valence-corrected chi connectivity index (χ3v) is 1.61. The van der Waals surface area contributed by atoms with E-state index in [0.717, 1.165) is 0 Å². The van der Waals surface area contributed by atoms with Crippen LogP contribution in [0.25, 0.3) is 0 Å². The predicted octanol–water partition coefficient (Wildman–Crippen LogP) is 1.01. The first kappa shape index (κ1) is 10.2. The Hall–Kier alpha value is -1.84. The van der Waals surface area contributed by atoms with Gasteiger partial charge in [-0.1, -0.05) is 6.08 Å². The maximum Gasteiger partial charge on any atom is 0.251 e. The molecule has 0 radical (unpaired) electrons. The molecule has 0 saturated carbocycles. The Morgan fingerprint density at radius 3 is 3.21 bits per heavy atom. The second-order valence-electron chi connectivity index (χ2n) is 2.59. The number of rotatable bonds is 4. The number of ether oxygens (including phenoxy) is 1. The summed E-state index contributed by atoms with van der Waals surface area (Å²) in [6.45, 7) is 3.96. The molecule has 1 aromatic rings. The van der Waals surface area contributed by atoms with Gasteiger partial charge in [-0.05, 0) is 6.07 Å². The van der Waals surface area contributed by atoms with Crippen LogP contribution < -0.4 is 10.1 Å². The van der Waals surface area contributed by atoms with E-state index in [1.54, 1.807) is 18.2 Å². The second kappa shape index (κ2) is 5.01. The van der Waals surface area contributed by atoms with Crippen LogP contribution in [0, 0.1) is 0 Å². The molecule has 1 rings (SSSR count). The van der Waals surface area contributed by atoms with Crippen molar-refractivity contribution in [3.8, 4) is 5.88 Å². The third kappa shape index (κ3) is 2.58. The van der Waals surface area contributed by atoms with Crippen molar-refractivity contribution in [3.63, 3.8) is 0 Å². The first-order chi connectivity index (χ1) is 6.77. The van der Waals surface area contributed by atoms with Gasteiger partial charge in [-0.2, -0.15) is 0 Å². The summed E-state index contributed by atoms with van der Waals surface area (Å²) in [7, 11) is 1.51. The van der Waals surface area contributed by atoms with Gasteiger partial charge in [0, 0.05) is 24.4 Å². The van der Waals surface area contributed by atoms with E-state index in [9.17, 15) is 4.79 Å². The number of methoxy groups -OCH3 is 1. The zero-order valence-corrected chi connectivity index (χ0v) is 7.99. The molecule has 1 amide bonds. The van der Waals surface area contributed by atoms with Crippen molar-refractivity contribution in [2.24, 2.45) is 0 Å². The highest BCUT2D eigenvalue weighted by atomic mass is 16.5. The summed E-state index contributed by atoms with van der Waals surface area (Å²) in [5.74, 6) is 0.266. The van der Waals surface area contributed by atoms with Gasteiger partial charge in [0.25, 0.3) is 5.91 Å². The van der Waals surface area contributed by atoms with E-state index in [2.05, 4.69) is 16.9 Å². The van der Waals surface area contributed by atoms with Gasteiger partial charge in [-0.3, -0.25) is 4.79 Å². The number of carbonyl (C=O) groups excluding carboxylic acids is 1. The number of amides is 1. The zero-order chi connectivity index (χ0) is 10.4. The van der Waals surface area contributed by atoms with Crippen molar-refractivity contribution < 1.29 is 9.53 Å². The minimum atomic E-state index is -0.161. The summed E-state index contributed by atoms with van der Waals surface area (Å²) in [4.78, 5) is 15.3. The predicted molar refractivity (Wildman–Crippen MR) is 53.3 cm³/mol. The Morgan fingerprint density at radius 2 is 2.57 bits per heavy atom. The van der Waals surface area contributed by atoms with E-state index >= 15 is 0 Å². The fourth-order valence-electron chi connectivity index (χ4n) is 0.929. The maximum absolute atomic E-state index is 11.4. The van der Waals surface area contributed by atoms with Crippen LogP contribution in [0.2, 0.25) is 0 Å². The van der Waals surface area contributed by atoms with Gasteiger partial charge in [0.1, 0.15) is 0 Å². The van der Waals surface area contributed by atoms with Crippen LogP contribution in [-0.4, -0.2) is 24.5 Å². The molecule has 0 atom stereocenters. The molecule has 0 spiro atoms. The molecule has 0 fully saturated rings. The van der Waals surface area contributed by atoms with E-state index in [-0.39, 0.29) is 5.91 Å². The minimum absolute atomic E-state index is 0.161. The highest BCUT2D eigenvalue weighted by Gasteiger charge is 2.04. The van der Waals surface area contributed by atoms with Crippen molar-refractivity contribution in [2.45, 2.75) is 0 Å². The van der Waals surface area contributed by atoms with Crippen LogP contribution in [0.3, 0.4) is 0 Å². The molecule has 0 aliphatic rings. The lowest BCUT2D eigenvalue weighted by atomic mass is 10.2. The summed E-state index contributed by atoms with van der Waals surface area (Å²) >= 11 is 0. The number of hydrogen-bond donors (Lipinski definition) is 1. The largest absolute Gasteiger partial charge is 0.481 e. The highest BCUT2D eigenvalue weighted by Crippen LogP contribution is 2.07. The Morgan fingerprint density at radius 1 is 1.79 bits per heavy atom. The molecular formula is C10H12N2O2. The average molecular weight is 192 g/mol. The molecule has 0 aliphatic carbocycles. The van der Waals surface area contributed by atoms with Crippen molar-refractivity contribution in [3.05, 3.63) is 36.5 Å². The van der Waals surface area contributed by atoms with E-state index in [1.165, 1.54) is 13.3 Å². The molecule has 1 N–H and O–H groups in total. The van der Waals surface area contributed by atoms with Crippen molar-refractivity contribution in [1.82, 2.24) is 10.3 Å². The fraction of sp³-hybridized carbons (Fsp3) is 0.200. The topological polar surface area (TPSA) is 51.2 Å². The molecule has 0 aliphatic heterocycles. The van der Waals surface area contributed by atoms with Gasteiger partial charge in [-0.25, -0.2) is 4.98 Å². The van der Waals surface area contributed by atoms with E-state index in [4.69, 9.17) is 4.74 Å². The summed E-state index contributed by atoms with van der Waals surface area (Å²) < 4.78 is 4.90. The monoisotopic (exact) mass is 192 g/mol. The Kier molecular flexibility index (Phi) is 3.67. The molecular weight excluding hydrogens is 180 g/mol. The van der Waals surface area contributed by atoms with Crippen LogP contribution in [0.15, 0.2) is 31.0 Å². The first-order valence-electron chi connectivity index (χ1n) is 4.17. The number of carbonyl (C=O) groups is 1. The summed E-state index contributed by atoms with van der Waals surface area (Å²) in [6, 6.07) is 3.21. The van der Waals surface area contributed by atoms with Crippen molar-refractivity contribution >= 4 is 5.91 Å². The van der Waals surface area contributed by atoms with Gasteiger partial charge in [0.05, 0.1) is 7.11 Å². The molecule has 1 aromatic heterocycles. The molecule has 74 valence electrons. The third-order valence-electron chi connectivity index (χ3n) is 1.61. The standard InChI is InChI=1S/C10H12N2O2/c1-3-5-12-10(13)8-4-6-11-9(7-8)14-2/h3-4,6-7H,1,5H2,2H3,(H,12,13). The number of nitrogens with zero attached hydrogens (tertiary/aromatic N) is 1. The number of nitrogens with one attached hydrogen (secondary N) is 1. The minimum Gasteiger partial charge on any atom is -0.481 e. The molecule has 0 saturated heterocycles. The van der Waals surface area contributed by atoms with Crippen LogP contribution in [0.1, 0.15) is 10.4 Å². The summed E-state index contributed by atoms with van der Waals surface area (Å²) in [5, 5.41) is 2.66. The van der Waals surface area contributed by atoms with Gasteiger partial charge in [-0.15, -0.1) is 6.58 Å². The zero-order valence-electron chi connectivity index (χ0n) is 7.99. The quantitative estimate of drug-likeness (QED) is 0.724. The van der Waals surface area contributed by atoms with Crippen molar-refractivity contribution in [1.29, 1.82) is 0 Å². The van der Waals surface area contributed by atoms with E-state index < -0.39 is 0 Å². The van der Waals surface area contributed by atoms with Crippen LogP contribution in [-0.2, 0) is 0 Å². The smallest absolute Gasteiger partial charge is 0.251 e. The van der Waals surface area contributed by atoms with Gasteiger partial charge in [0.2, 0.25) is 5.88 Å². The van der Waals surface area contributed by atoms with Crippen LogP contribution >= 0.6 is 0 Å². The van der Waals surface area contributed by atoms with Gasteiger partial charge < -0.3 is 10.1 Å². The average Bonchev–Trinajstić information content (AvgIpc) is 2.26. The maximum atomic E-state index is 11.4. The number of aromatic nitrogens is 1. The molecule has 0 bridgehead atoms. The normalized spacial score (nSPS) is 9.21. The lowest BCUT2D eigenvalue weighted by molar-refractivity contribution is 0.0957. The second-order valence-corrected chi connectivity index (χ2v) is 2.59. The first-order valence-corrected chi connectivity index (χ1v) is 4.17. The van der Waals surface area contributed by atoms with Crippen LogP contribution in [0.5, 0.6) is 5.88 Å². The molecule has 4 heteroatoms. The highest BCUT2D eigenvalue weighted by molar-refractivity contribution is 5.94. The van der Waals surface area contributed by atoms with E-state index in [1.807, 2.05) is 0 Å². The SMILES string of the molecule is C=CCNC(=O)c1ccnc(OC)c1. The number of pyridine rings is 1. The lowest BCUT2D eigenvalue weighted by Crippen LogP contribution is -2.23. The Labute approximate surface area is 82.6 Å². The fourth-order valence-corrected chi connectivity index (χ4v) is 0.929. The van der Waals surface area contributed by atoms with E-state index in [0.29, 0.717) is 18.0 Å². The Bertz CT molecular complexity index is 337. The molecule has 1 heterocycles. The molecule has 4 nitrogen and oxygen atoms in total. The van der Waals surface area contributed by atoms with Crippen molar-refractivity contribution in [2.75, 3.05) is 13.7 Å². The van der Waals surface area contributed by atoms with Gasteiger partial charge in [0.15, 0.2) is 0 Å². The molecule has 0 aromatic carbocycles. The number of hydrogen-bond acceptors (Lipinski definition) is 3. The Balaban J connectivity index is 2.73. The molecule has 0 unspecified atom stereocenters. The summed E-state index contributed by atoms with van der Waals surface area (Å²) in [6.07, 6.45) is 3.15. The van der Waals surface area contributed by atoms with Crippen LogP contribution in [0.4, 0.5) is 0 Å². The van der Waals surface area contributed by atoms with Gasteiger partial charge >= 0.3 is 0 Å². The summed E-state index contributed by atoms with van der Waals surface area (Å²) in [5.41, 5.74) is 0.527. The molecule has 14 heavy (non-hydrogen) atoms. The lowest BCUT2D eigenvalue weighted by Gasteiger charge is -2.03.